The van der Waals surface area contributed by atoms with E-state index in [1.165, 1.54) is 0 Å². The zero-order valence-electron chi connectivity index (χ0n) is 16.3. The minimum atomic E-state index is -0.643. The third-order valence-electron chi connectivity index (χ3n) is 4.14. The summed E-state index contributed by atoms with van der Waals surface area (Å²) >= 11 is 0. The maximum Gasteiger partial charge on any atom is 0.342 e. The maximum atomic E-state index is 12.5. The molecule has 2 aromatic carbocycles. The van der Waals surface area contributed by atoms with E-state index in [9.17, 15) is 9.59 Å². The molecule has 1 N–H and O–H groups in total. The summed E-state index contributed by atoms with van der Waals surface area (Å²) in [6.45, 7) is 3.76. The van der Waals surface area contributed by atoms with Crippen molar-refractivity contribution in [1.29, 1.82) is 0 Å². The van der Waals surface area contributed by atoms with Gasteiger partial charge in [0, 0.05) is 11.9 Å². The first kappa shape index (κ1) is 20.1. The minimum absolute atomic E-state index is 0.228. The molecule has 1 aromatic heterocycles. The molecular formula is C23H22N2O4. The number of nitrogens with one attached hydrogen (secondary N) is 1. The number of carbonyl (C=O) groups is 2. The van der Waals surface area contributed by atoms with E-state index >= 15 is 0 Å². The van der Waals surface area contributed by atoms with Crippen molar-refractivity contribution in [2.24, 2.45) is 0 Å². The highest BCUT2D eigenvalue weighted by Crippen LogP contribution is 2.25. The molecule has 0 unspecified atom stereocenters. The monoisotopic (exact) mass is 390 g/mol. The van der Waals surface area contributed by atoms with Crippen LogP contribution in [0, 0.1) is 0 Å². The number of hydrogen-bond donors (Lipinski definition) is 1. The second kappa shape index (κ2) is 9.50. The van der Waals surface area contributed by atoms with Gasteiger partial charge in [-0.05, 0) is 47.9 Å². The fourth-order valence-corrected chi connectivity index (χ4v) is 2.64. The van der Waals surface area contributed by atoms with E-state index in [4.69, 9.17) is 9.47 Å². The number of nitrogens with zero attached hydrogens (tertiary/aromatic N) is 1. The van der Waals surface area contributed by atoms with Crippen LogP contribution >= 0.6 is 0 Å². The van der Waals surface area contributed by atoms with Crippen LogP contribution in [0.5, 0.6) is 11.5 Å². The van der Waals surface area contributed by atoms with Crippen LogP contribution in [0.1, 0.15) is 35.7 Å². The lowest BCUT2D eigenvalue weighted by atomic mass is 10.0. The number of para-hydroxylation sites is 1. The molecule has 6 nitrogen and oxygen atoms in total. The van der Waals surface area contributed by atoms with Crippen LogP contribution in [0.25, 0.3) is 0 Å². The molecule has 0 saturated heterocycles. The Balaban J connectivity index is 1.61. The third kappa shape index (κ3) is 5.65. The molecule has 0 bridgehead atoms. The normalized spacial score (nSPS) is 10.4. The van der Waals surface area contributed by atoms with Gasteiger partial charge in [0.2, 0.25) is 0 Å². The van der Waals surface area contributed by atoms with Crippen LogP contribution in [0.3, 0.4) is 0 Å². The van der Waals surface area contributed by atoms with Gasteiger partial charge in [0.05, 0.1) is 6.20 Å². The van der Waals surface area contributed by atoms with Gasteiger partial charge >= 0.3 is 5.97 Å². The van der Waals surface area contributed by atoms with Crippen molar-refractivity contribution in [3.8, 4) is 11.5 Å². The predicted octanol–water partition coefficient (Wildman–Crippen LogP) is 4.79. The Labute approximate surface area is 169 Å². The topological polar surface area (TPSA) is 77.5 Å². The summed E-state index contributed by atoms with van der Waals surface area (Å²) in [4.78, 5) is 28.6. The zero-order chi connectivity index (χ0) is 20.6. The highest BCUT2D eigenvalue weighted by Gasteiger charge is 2.16. The molecule has 0 atom stereocenters. The maximum absolute atomic E-state index is 12.5. The Hall–Kier alpha value is -3.67. The number of pyridine rings is 1. The number of benzene rings is 2. The molecule has 148 valence electrons. The van der Waals surface area contributed by atoms with Crippen molar-refractivity contribution in [3.05, 3.63) is 84.2 Å². The van der Waals surface area contributed by atoms with Crippen LogP contribution < -0.4 is 10.1 Å². The van der Waals surface area contributed by atoms with Gasteiger partial charge in [-0.25, -0.2) is 4.79 Å². The zero-order valence-corrected chi connectivity index (χ0v) is 16.3. The fraction of sp³-hybridized carbons (Fsp3) is 0.174. The molecule has 0 aliphatic rings. The predicted molar refractivity (Wildman–Crippen MR) is 110 cm³/mol. The molecule has 3 aromatic rings. The standard InChI is InChI=1S/C23H22N2O4/c1-16(2)17-7-5-8-18(13-17)25-22(26)15-28-23(27)20-10-3-4-11-21(20)29-19-9-6-12-24-14-19/h3-14,16H,15H2,1-2H3,(H,25,26). The van der Waals surface area contributed by atoms with E-state index in [2.05, 4.69) is 24.1 Å². The Morgan fingerprint density at radius 3 is 2.62 bits per heavy atom. The first-order valence-corrected chi connectivity index (χ1v) is 9.27. The molecular weight excluding hydrogens is 368 g/mol. The van der Waals surface area contributed by atoms with Crippen LogP contribution in [-0.4, -0.2) is 23.5 Å². The summed E-state index contributed by atoms with van der Waals surface area (Å²) in [5, 5.41) is 2.74. The quantitative estimate of drug-likeness (QED) is 0.587. The van der Waals surface area contributed by atoms with Gasteiger partial charge in [0.1, 0.15) is 17.1 Å². The summed E-state index contributed by atoms with van der Waals surface area (Å²) in [6, 6.07) is 17.7. The van der Waals surface area contributed by atoms with Crippen LogP contribution in [0.15, 0.2) is 73.1 Å². The number of aromatic nitrogens is 1. The van der Waals surface area contributed by atoms with Crippen molar-refractivity contribution < 1.29 is 19.1 Å². The lowest BCUT2D eigenvalue weighted by molar-refractivity contribution is -0.119. The highest BCUT2D eigenvalue weighted by molar-refractivity contribution is 5.96. The first-order chi connectivity index (χ1) is 14.0. The molecule has 3 rings (SSSR count). The van der Waals surface area contributed by atoms with Gasteiger partial charge in [-0.15, -0.1) is 0 Å². The second-order valence-electron chi connectivity index (χ2n) is 6.69. The van der Waals surface area contributed by atoms with Crippen molar-refractivity contribution in [2.75, 3.05) is 11.9 Å². The molecule has 6 heteroatoms. The molecule has 1 heterocycles. The largest absolute Gasteiger partial charge is 0.455 e. The lowest BCUT2D eigenvalue weighted by Crippen LogP contribution is -2.21. The number of rotatable bonds is 7. The van der Waals surface area contributed by atoms with E-state index in [1.807, 2.05) is 18.2 Å². The van der Waals surface area contributed by atoms with Gasteiger partial charge in [-0.2, -0.15) is 0 Å². The third-order valence-corrected chi connectivity index (χ3v) is 4.14. The summed E-state index contributed by atoms with van der Waals surface area (Å²) in [5.74, 6) is 0.118. The Kier molecular flexibility index (Phi) is 6.58. The second-order valence-corrected chi connectivity index (χ2v) is 6.69. The summed E-state index contributed by atoms with van der Waals surface area (Å²) in [6.07, 6.45) is 3.17. The van der Waals surface area contributed by atoms with Gasteiger partial charge in [-0.1, -0.05) is 38.1 Å². The Morgan fingerprint density at radius 1 is 1.03 bits per heavy atom. The van der Waals surface area contributed by atoms with Gasteiger partial charge in [-0.3, -0.25) is 9.78 Å². The smallest absolute Gasteiger partial charge is 0.342 e. The average molecular weight is 390 g/mol. The molecule has 0 aliphatic carbocycles. The molecule has 29 heavy (non-hydrogen) atoms. The van der Waals surface area contributed by atoms with Gasteiger partial charge in [0.15, 0.2) is 6.61 Å². The Morgan fingerprint density at radius 2 is 1.86 bits per heavy atom. The van der Waals surface area contributed by atoms with Crippen molar-refractivity contribution in [3.63, 3.8) is 0 Å². The van der Waals surface area contributed by atoms with E-state index in [1.54, 1.807) is 54.9 Å². The van der Waals surface area contributed by atoms with E-state index < -0.39 is 18.5 Å². The van der Waals surface area contributed by atoms with E-state index in [-0.39, 0.29) is 5.56 Å². The van der Waals surface area contributed by atoms with E-state index in [0.717, 1.165) is 5.56 Å². The summed E-state index contributed by atoms with van der Waals surface area (Å²) < 4.78 is 10.9. The number of anilines is 1. The van der Waals surface area contributed by atoms with Crippen LogP contribution in [-0.2, 0) is 9.53 Å². The van der Waals surface area contributed by atoms with Gasteiger partial charge < -0.3 is 14.8 Å². The van der Waals surface area contributed by atoms with Crippen molar-refractivity contribution >= 4 is 17.6 Å². The average Bonchev–Trinajstić information content (AvgIpc) is 2.73. The summed E-state index contributed by atoms with van der Waals surface area (Å²) in [7, 11) is 0. The molecule has 0 saturated carbocycles. The lowest BCUT2D eigenvalue weighted by Gasteiger charge is -2.11. The molecule has 0 fully saturated rings. The molecule has 1 amide bonds. The molecule has 0 spiro atoms. The fourth-order valence-electron chi connectivity index (χ4n) is 2.64. The highest BCUT2D eigenvalue weighted by atomic mass is 16.5. The Bertz CT molecular complexity index is 987. The van der Waals surface area contributed by atoms with Crippen LogP contribution in [0.2, 0.25) is 0 Å². The SMILES string of the molecule is CC(C)c1cccc(NC(=O)COC(=O)c2ccccc2Oc2cccnc2)c1. The number of esters is 1. The molecule has 0 aliphatic heterocycles. The van der Waals surface area contributed by atoms with Gasteiger partial charge in [0.25, 0.3) is 5.91 Å². The number of carbonyl (C=O) groups excluding carboxylic acids is 2. The van der Waals surface area contributed by atoms with E-state index in [0.29, 0.717) is 23.1 Å². The number of ether oxygens (including phenoxy) is 2. The number of hydrogen-bond acceptors (Lipinski definition) is 5. The van der Waals surface area contributed by atoms with Crippen LogP contribution in [0.4, 0.5) is 5.69 Å². The van der Waals surface area contributed by atoms with Crippen molar-refractivity contribution in [2.45, 2.75) is 19.8 Å². The minimum Gasteiger partial charge on any atom is -0.455 e. The summed E-state index contributed by atoms with van der Waals surface area (Å²) in [5.41, 5.74) is 2.00. The first-order valence-electron chi connectivity index (χ1n) is 9.27. The molecule has 0 radical (unpaired) electrons. The number of amides is 1. The van der Waals surface area contributed by atoms with Crippen molar-refractivity contribution in [1.82, 2.24) is 4.98 Å².